The van der Waals surface area contributed by atoms with E-state index in [-0.39, 0.29) is 19.0 Å². The Balaban J connectivity index is 3.70. The van der Waals surface area contributed by atoms with E-state index in [0.717, 1.165) is 0 Å². The Kier molecular flexibility index (Phi) is 5.32. The van der Waals surface area contributed by atoms with Crippen molar-refractivity contribution in [1.82, 2.24) is 10.6 Å². The van der Waals surface area contributed by atoms with Gasteiger partial charge in [-0.2, -0.15) is 0 Å². The third-order valence-electron chi connectivity index (χ3n) is 1.34. The van der Waals surface area contributed by atoms with E-state index in [2.05, 4.69) is 16.6 Å². The van der Waals surface area contributed by atoms with E-state index in [4.69, 9.17) is 12.2 Å². The molecule has 0 radical (unpaired) electrons. The van der Waals surface area contributed by atoms with Crippen molar-refractivity contribution in [2.75, 3.05) is 13.1 Å². The van der Waals surface area contributed by atoms with Crippen LogP contribution in [0.3, 0.4) is 0 Å². The second-order valence-electron chi connectivity index (χ2n) is 2.49. The molecule has 0 saturated carbocycles. The highest BCUT2D eigenvalue weighted by Gasteiger charge is 2.11. The fourth-order valence-electron chi connectivity index (χ4n) is 0.638. The van der Waals surface area contributed by atoms with Crippen molar-refractivity contribution in [2.45, 2.75) is 13.0 Å². The number of terminal acetylenes is 1. The van der Waals surface area contributed by atoms with Crippen LogP contribution in [0, 0.1) is 12.3 Å². The summed E-state index contributed by atoms with van der Waals surface area (Å²) in [5.74, 6) is 1.51. The van der Waals surface area contributed by atoms with E-state index in [9.17, 15) is 9.59 Å². The number of nitrogens with two attached hydrogens (primary N) is 1. The highest BCUT2D eigenvalue weighted by molar-refractivity contribution is 5.82. The van der Waals surface area contributed by atoms with E-state index < -0.39 is 11.9 Å². The van der Waals surface area contributed by atoms with Crippen LogP contribution in [0.4, 0.5) is 0 Å². The number of hydrogen-bond donors (Lipinski definition) is 3. The maximum atomic E-state index is 11.1. The van der Waals surface area contributed by atoms with Gasteiger partial charge in [-0.25, -0.2) is 0 Å². The first-order valence-electron chi connectivity index (χ1n) is 3.80. The molecule has 1 atom stereocenters. The van der Waals surface area contributed by atoms with Gasteiger partial charge in [-0.05, 0) is 6.92 Å². The number of hydrogen-bond acceptors (Lipinski definition) is 3. The predicted molar refractivity (Wildman–Crippen MR) is 48.5 cm³/mol. The highest BCUT2D eigenvalue weighted by Crippen LogP contribution is 1.79. The van der Waals surface area contributed by atoms with Crippen LogP contribution >= 0.6 is 0 Å². The number of carbonyl (C=O) groups is 2. The van der Waals surface area contributed by atoms with Gasteiger partial charge in [0.2, 0.25) is 11.8 Å². The molecule has 4 N–H and O–H groups in total. The quantitative estimate of drug-likeness (QED) is 0.440. The lowest BCUT2D eigenvalue weighted by molar-refractivity contribution is -0.122. The molecular weight excluding hydrogens is 170 g/mol. The Morgan fingerprint density at radius 1 is 1.62 bits per heavy atom. The number of amides is 2. The van der Waals surface area contributed by atoms with E-state index in [0.29, 0.717) is 0 Å². The predicted octanol–water partition coefficient (Wildman–Crippen LogP) is -1.80. The monoisotopic (exact) mass is 183 g/mol. The van der Waals surface area contributed by atoms with Crippen LogP contribution in [-0.2, 0) is 9.59 Å². The zero-order chi connectivity index (χ0) is 10.3. The molecule has 1 unspecified atom stereocenters. The lowest BCUT2D eigenvalue weighted by atomic mass is 10.3. The van der Waals surface area contributed by atoms with Crippen LogP contribution in [-0.4, -0.2) is 30.9 Å². The molecule has 72 valence electrons. The fourth-order valence-corrected chi connectivity index (χ4v) is 0.638. The Morgan fingerprint density at radius 3 is 2.69 bits per heavy atom. The number of primary amides is 1. The number of nitrogens with one attached hydrogen (secondary N) is 2. The first kappa shape index (κ1) is 11.5. The molecule has 0 aromatic heterocycles. The average Bonchev–Trinajstić information content (AvgIpc) is 2.10. The summed E-state index contributed by atoms with van der Waals surface area (Å²) in [5.41, 5.74) is 4.88. The minimum absolute atomic E-state index is 0.0232. The van der Waals surface area contributed by atoms with Crippen molar-refractivity contribution in [1.29, 1.82) is 0 Å². The Bertz CT molecular complexity index is 232. The van der Waals surface area contributed by atoms with Crippen molar-refractivity contribution in [3.8, 4) is 12.3 Å². The molecule has 0 aliphatic carbocycles. The van der Waals surface area contributed by atoms with Gasteiger partial charge in [0, 0.05) is 0 Å². The molecule has 5 heteroatoms. The molecule has 0 bridgehead atoms. The van der Waals surface area contributed by atoms with Gasteiger partial charge in [-0.1, -0.05) is 5.92 Å². The molecule has 0 spiro atoms. The summed E-state index contributed by atoms with van der Waals surface area (Å²) in [5, 5.41) is 5.10. The zero-order valence-corrected chi connectivity index (χ0v) is 7.46. The summed E-state index contributed by atoms with van der Waals surface area (Å²) in [6.45, 7) is 1.78. The van der Waals surface area contributed by atoms with Crippen molar-refractivity contribution in [3.63, 3.8) is 0 Å². The maximum Gasteiger partial charge on any atom is 0.237 e. The lowest BCUT2D eigenvalue weighted by Gasteiger charge is -2.10. The van der Waals surface area contributed by atoms with Gasteiger partial charge in [0.1, 0.15) is 0 Å². The van der Waals surface area contributed by atoms with Gasteiger partial charge in [0.25, 0.3) is 0 Å². The average molecular weight is 183 g/mol. The minimum atomic E-state index is -0.503. The summed E-state index contributed by atoms with van der Waals surface area (Å²) >= 11 is 0. The molecule has 0 aromatic rings. The minimum Gasteiger partial charge on any atom is -0.369 e. The molecule has 0 aliphatic rings. The Hall–Kier alpha value is -1.54. The summed E-state index contributed by atoms with van der Waals surface area (Å²) in [6.07, 6.45) is 4.94. The third kappa shape index (κ3) is 5.70. The van der Waals surface area contributed by atoms with Crippen molar-refractivity contribution >= 4 is 11.8 Å². The summed E-state index contributed by atoms with van der Waals surface area (Å²) in [6, 6.07) is -0.471. The fraction of sp³-hybridized carbons (Fsp3) is 0.500. The second-order valence-corrected chi connectivity index (χ2v) is 2.49. The Morgan fingerprint density at radius 2 is 2.23 bits per heavy atom. The SMILES string of the molecule is C#CCNC(=O)C(C)NCC(N)=O. The third-order valence-corrected chi connectivity index (χ3v) is 1.34. The van der Waals surface area contributed by atoms with Gasteiger partial charge < -0.3 is 11.1 Å². The van der Waals surface area contributed by atoms with Crippen molar-refractivity contribution < 1.29 is 9.59 Å². The topological polar surface area (TPSA) is 84.2 Å². The van der Waals surface area contributed by atoms with Gasteiger partial charge >= 0.3 is 0 Å². The van der Waals surface area contributed by atoms with Gasteiger partial charge in [-0.15, -0.1) is 6.42 Å². The van der Waals surface area contributed by atoms with Gasteiger partial charge in [0.15, 0.2) is 0 Å². The molecule has 13 heavy (non-hydrogen) atoms. The van der Waals surface area contributed by atoms with Crippen LogP contribution in [0.2, 0.25) is 0 Å². The highest BCUT2D eigenvalue weighted by atomic mass is 16.2. The number of rotatable bonds is 5. The summed E-state index contributed by atoms with van der Waals surface area (Å²) < 4.78 is 0. The second kappa shape index (κ2) is 6.03. The molecule has 0 rings (SSSR count). The molecule has 0 fully saturated rings. The molecule has 0 aliphatic heterocycles. The van der Waals surface area contributed by atoms with Crippen LogP contribution in [0.25, 0.3) is 0 Å². The largest absolute Gasteiger partial charge is 0.369 e. The summed E-state index contributed by atoms with van der Waals surface area (Å²) in [4.78, 5) is 21.4. The molecule has 5 nitrogen and oxygen atoms in total. The normalized spacial score (nSPS) is 11.4. The van der Waals surface area contributed by atoms with Gasteiger partial charge in [0.05, 0.1) is 19.1 Å². The van der Waals surface area contributed by atoms with Crippen molar-refractivity contribution in [3.05, 3.63) is 0 Å². The standard InChI is InChI=1S/C8H13N3O2/c1-3-4-10-8(13)6(2)11-5-7(9)12/h1,6,11H,4-5H2,2H3,(H2,9,12)(H,10,13). The Labute approximate surface area is 77.1 Å². The van der Waals surface area contributed by atoms with Crippen LogP contribution < -0.4 is 16.4 Å². The van der Waals surface area contributed by atoms with Crippen LogP contribution in [0.5, 0.6) is 0 Å². The smallest absolute Gasteiger partial charge is 0.237 e. The number of carbonyl (C=O) groups excluding carboxylic acids is 2. The van der Waals surface area contributed by atoms with Crippen LogP contribution in [0.1, 0.15) is 6.92 Å². The van der Waals surface area contributed by atoms with E-state index >= 15 is 0 Å². The van der Waals surface area contributed by atoms with Crippen LogP contribution in [0.15, 0.2) is 0 Å². The molecule has 0 saturated heterocycles. The first-order valence-corrected chi connectivity index (χ1v) is 3.80. The summed E-state index contributed by atoms with van der Waals surface area (Å²) in [7, 11) is 0. The van der Waals surface area contributed by atoms with E-state index in [1.54, 1.807) is 6.92 Å². The zero-order valence-electron chi connectivity index (χ0n) is 7.46. The molecule has 0 aromatic carbocycles. The lowest BCUT2D eigenvalue weighted by Crippen LogP contribution is -2.45. The van der Waals surface area contributed by atoms with Crippen molar-refractivity contribution in [2.24, 2.45) is 5.73 Å². The molecular formula is C8H13N3O2. The van der Waals surface area contributed by atoms with Gasteiger partial charge in [-0.3, -0.25) is 14.9 Å². The maximum absolute atomic E-state index is 11.1. The molecule has 0 heterocycles. The van der Waals surface area contributed by atoms with E-state index in [1.165, 1.54) is 0 Å². The molecule has 2 amide bonds. The first-order chi connectivity index (χ1) is 6.07. The van der Waals surface area contributed by atoms with E-state index in [1.807, 2.05) is 0 Å².